The third-order valence-electron chi connectivity index (χ3n) is 6.02. The number of nitriles is 2. The topological polar surface area (TPSA) is 64.7 Å². The summed E-state index contributed by atoms with van der Waals surface area (Å²) in [7, 11) is 0. The van der Waals surface area contributed by atoms with E-state index in [1.165, 1.54) is 5.56 Å². The molecule has 0 aliphatic heterocycles. The van der Waals surface area contributed by atoms with Gasteiger partial charge in [-0.2, -0.15) is 10.5 Å². The van der Waals surface area contributed by atoms with Gasteiger partial charge in [0.15, 0.2) is 0 Å². The maximum Gasteiger partial charge on any atom is 0.139 e. The van der Waals surface area contributed by atoms with E-state index >= 15 is 0 Å². The van der Waals surface area contributed by atoms with Gasteiger partial charge in [0.2, 0.25) is 0 Å². The molecule has 0 amide bonds. The highest BCUT2D eigenvalue weighted by Crippen LogP contribution is 2.59. The Hall–Kier alpha value is -2.13. The van der Waals surface area contributed by atoms with Crippen LogP contribution < -0.4 is 0 Å². The van der Waals surface area contributed by atoms with Crippen molar-refractivity contribution in [2.75, 3.05) is 0 Å². The Bertz CT molecular complexity index is 655. The van der Waals surface area contributed by atoms with E-state index < -0.39 is 11.3 Å². The fourth-order valence-corrected chi connectivity index (χ4v) is 4.89. The average Bonchev–Trinajstić information content (AvgIpc) is 2.57. The number of carbonyl (C=O) groups is 1. The molecule has 1 aromatic carbocycles. The van der Waals surface area contributed by atoms with Crippen molar-refractivity contribution in [3.63, 3.8) is 0 Å². The Morgan fingerprint density at radius 1 is 1.22 bits per heavy atom. The van der Waals surface area contributed by atoms with E-state index in [-0.39, 0.29) is 17.6 Å². The third-order valence-corrected chi connectivity index (χ3v) is 6.02. The molecule has 0 N–H and O–H groups in total. The van der Waals surface area contributed by atoms with Crippen molar-refractivity contribution < 1.29 is 4.79 Å². The highest BCUT2D eigenvalue weighted by atomic mass is 16.1. The number of carbonyl (C=O) groups excluding carboxylic acids is 1. The molecule has 3 nitrogen and oxygen atoms in total. The molecule has 0 aromatic heterocycles. The van der Waals surface area contributed by atoms with Crippen LogP contribution in [-0.4, -0.2) is 5.78 Å². The van der Waals surface area contributed by atoms with E-state index in [0.29, 0.717) is 18.8 Å². The van der Waals surface area contributed by atoms with Crippen LogP contribution in [0, 0.1) is 45.8 Å². The Labute approximate surface area is 137 Å². The molecule has 0 saturated heterocycles. The molecule has 1 aromatic rings. The van der Waals surface area contributed by atoms with Crippen LogP contribution in [0.1, 0.15) is 50.5 Å². The number of hydrogen-bond acceptors (Lipinski definition) is 3. The maximum atomic E-state index is 12.5. The molecule has 0 bridgehead atoms. The van der Waals surface area contributed by atoms with Crippen molar-refractivity contribution >= 4 is 5.78 Å². The average molecular weight is 306 g/mol. The highest BCUT2D eigenvalue weighted by Gasteiger charge is 2.55. The van der Waals surface area contributed by atoms with Crippen molar-refractivity contribution in [3.8, 4) is 12.1 Å². The summed E-state index contributed by atoms with van der Waals surface area (Å²) in [6.45, 7) is 2.25. The van der Waals surface area contributed by atoms with Crippen molar-refractivity contribution in [1.82, 2.24) is 0 Å². The molecular formula is C20H22N2O. The molecule has 2 aliphatic rings. The number of benzene rings is 1. The molecule has 3 rings (SSSR count). The SMILES string of the molecule is C[C@@H]1CC[C@@]2(C(C#N)C#N)CC(=O)C[C@H](c3ccccc3)[C@H]2C1. The Morgan fingerprint density at radius 3 is 2.57 bits per heavy atom. The molecule has 0 radical (unpaired) electrons. The summed E-state index contributed by atoms with van der Waals surface area (Å²) >= 11 is 0. The van der Waals surface area contributed by atoms with Crippen molar-refractivity contribution in [2.45, 2.75) is 44.9 Å². The lowest BCUT2D eigenvalue weighted by Gasteiger charge is -2.52. The number of nitrogens with zero attached hydrogens (tertiary/aromatic N) is 2. The highest BCUT2D eigenvalue weighted by molar-refractivity contribution is 5.81. The minimum atomic E-state index is -0.685. The van der Waals surface area contributed by atoms with Crippen LogP contribution in [0.5, 0.6) is 0 Å². The first-order chi connectivity index (χ1) is 11.1. The van der Waals surface area contributed by atoms with Crippen LogP contribution in [0.4, 0.5) is 0 Å². The van der Waals surface area contributed by atoms with Crippen LogP contribution in [0.25, 0.3) is 0 Å². The predicted octanol–water partition coefficient (Wildman–Crippen LogP) is 4.22. The third kappa shape index (κ3) is 2.66. The molecule has 2 fully saturated rings. The van der Waals surface area contributed by atoms with Gasteiger partial charge in [-0.3, -0.25) is 4.79 Å². The lowest BCUT2D eigenvalue weighted by molar-refractivity contribution is -0.131. The zero-order valence-corrected chi connectivity index (χ0v) is 13.5. The molecule has 4 atom stereocenters. The summed E-state index contributed by atoms with van der Waals surface area (Å²) in [5, 5.41) is 19.1. The minimum absolute atomic E-state index is 0.143. The quantitative estimate of drug-likeness (QED) is 0.821. The van der Waals surface area contributed by atoms with Gasteiger partial charge in [0, 0.05) is 18.3 Å². The molecule has 2 aliphatic carbocycles. The Kier molecular flexibility index (Phi) is 4.22. The monoisotopic (exact) mass is 306 g/mol. The summed E-state index contributed by atoms with van der Waals surface area (Å²) in [6, 6.07) is 14.6. The molecule has 0 spiro atoms. The predicted molar refractivity (Wildman–Crippen MR) is 87.1 cm³/mol. The molecular weight excluding hydrogens is 284 g/mol. The summed E-state index contributed by atoms with van der Waals surface area (Å²) in [5.74, 6) is 0.501. The first kappa shape index (κ1) is 15.8. The number of rotatable bonds is 2. The maximum absolute atomic E-state index is 12.5. The first-order valence-electron chi connectivity index (χ1n) is 8.46. The molecule has 2 saturated carbocycles. The number of fused-ring (bicyclic) bond motifs is 1. The largest absolute Gasteiger partial charge is 0.300 e. The van der Waals surface area contributed by atoms with Gasteiger partial charge in [-0.15, -0.1) is 0 Å². The second kappa shape index (κ2) is 6.17. The van der Waals surface area contributed by atoms with Crippen LogP contribution >= 0.6 is 0 Å². The lowest BCUT2D eigenvalue weighted by atomic mass is 9.49. The lowest BCUT2D eigenvalue weighted by Crippen LogP contribution is -2.49. The first-order valence-corrected chi connectivity index (χ1v) is 8.46. The fourth-order valence-electron chi connectivity index (χ4n) is 4.89. The molecule has 23 heavy (non-hydrogen) atoms. The van der Waals surface area contributed by atoms with Gasteiger partial charge >= 0.3 is 0 Å². The Balaban J connectivity index is 2.07. The van der Waals surface area contributed by atoms with Crippen LogP contribution in [-0.2, 0) is 4.79 Å². The van der Waals surface area contributed by atoms with Gasteiger partial charge in [0.1, 0.15) is 11.7 Å². The normalized spacial score (nSPS) is 33.6. The summed E-state index contributed by atoms with van der Waals surface area (Å²) in [4.78, 5) is 12.5. The van der Waals surface area contributed by atoms with Gasteiger partial charge in [0.25, 0.3) is 0 Å². The van der Waals surface area contributed by atoms with Crippen molar-refractivity contribution in [2.24, 2.45) is 23.2 Å². The molecule has 3 heteroatoms. The number of hydrogen-bond donors (Lipinski definition) is 0. The van der Waals surface area contributed by atoms with Gasteiger partial charge in [-0.1, -0.05) is 43.7 Å². The van der Waals surface area contributed by atoms with Crippen LogP contribution in [0.2, 0.25) is 0 Å². The van der Waals surface area contributed by atoms with E-state index in [1.807, 2.05) is 18.2 Å². The van der Waals surface area contributed by atoms with Gasteiger partial charge in [-0.25, -0.2) is 0 Å². The van der Waals surface area contributed by atoms with Crippen molar-refractivity contribution in [1.29, 1.82) is 10.5 Å². The smallest absolute Gasteiger partial charge is 0.139 e. The Morgan fingerprint density at radius 2 is 1.91 bits per heavy atom. The zero-order chi connectivity index (χ0) is 16.4. The second-order valence-electron chi connectivity index (χ2n) is 7.35. The van der Waals surface area contributed by atoms with Gasteiger partial charge in [0.05, 0.1) is 12.1 Å². The summed E-state index contributed by atoms with van der Waals surface area (Å²) in [6.07, 6.45) is 3.78. The molecule has 0 unspecified atom stereocenters. The standard InChI is InChI=1S/C20H22N2O/c1-14-7-8-20(16(12-21)13-22)11-17(23)10-18(19(20)9-14)15-5-3-2-4-6-15/h2-6,14,16,18-19H,7-11H2,1H3/t14-,18-,19-,20+/m1/s1. The van der Waals surface area contributed by atoms with E-state index in [0.717, 1.165) is 19.3 Å². The van der Waals surface area contributed by atoms with Crippen molar-refractivity contribution in [3.05, 3.63) is 35.9 Å². The number of Topliss-reactive ketones (excluding diaryl/α,β-unsaturated/α-hetero) is 1. The van der Waals surface area contributed by atoms with E-state index in [4.69, 9.17) is 0 Å². The van der Waals surface area contributed by atoms with Crippen LogP contribution in [0.15, 0.2) is 30.3 Å². The number of ketones is 1. The van der Waals surface area contributed by atoms with Gasteiger partial charge in [-0.05, 0) is 36.2 Å². The van der Waals surface area contributed by atoms with E-state index in [1.54, 1.807) is 0 Å². The van der Waals surface area contributed by atoms with Gasteiger partial charge < -0.3 is 0 Å². The second-order valence-corrected chi connectivity index (χ2v) is 7.35. The zero-order valence-electron chi connectivity index (χ0n) is 13.5. The van der Waals surface area contributed by atoms with Crippen LogP contribution in [0.3, 0.4) is 0 Å². The fraction of sp³-hybridized carbons (Fsp3) is 0.550. The minimum Gasteiger partial charge on any atom is -0.300 e. The molecule has 118 valence electrons. The summed E-state index contributed by atoms with van der Waals surface area (Å²) in [5.41, 5.74) is 0.727. The van der Waals surface area contributed by atoms with E-state index in [9.17, 15) is 15.3 Å². The summed E-state index contributed by atoms with van der Waals surface area (Å²) < 4.78 is 0. The van der Waals surface area contributed by atoms with E-state index in [2.05, 4.69) is 31.2 Å². The molecule has 0 heterocycles.